The molecule has 0 fully saturated rings. The fraction of sp³-hybridized carbons (Fsp3) is 0.623. The first-order valence-electron chi connectivity index (χ1n) is 25.7. The van der Waals surface area contributed by atoms with Gasteiger partial charge in [-0.05, 0) is 53.3 Å². The maximum Gasteiger partial charge on any atom is 0.293 e. The van der Waals surface area contributed by atoms with Gasteiger partial charge in [0, 0.05) is 31.4 Å². The Hall–Kier alpha value is -5.44. The molecule has 426 valence electrons. The summed E-state index contributed by atoms with van der Waals surface area (Å²) >= 11 is 0. The summed E-state index contributed by atoms with van der Waals surface area (Å²) in [6.45, 7) is 15.4. The van der Waals surface area contributed by atoms with Crippen molar-refractivity contribution in [2.24, 2.45) is 5.92 Å². The summed E-state index contributed by atoms with van der Waals surface area (Å²) in [5.74, 6) is -3.07. The fourth-order valence-corrected chi connectivity index (χ4v) is 6.97. The van der Waals surface area contributed by atoms with E-state index in [1.165, 1.54) is 0 Å². The van der Waals surface area contributed by atoms with E-state index < -0.39 is 54.1 Å². The van der Waals surface area contributed by atoms with Crippen molar-refractivity contribution < 1.29 is 90.3 Å². The van der Waals surface area contributed by atoms with Gasteiger partial charge in [-0.3, -0.25) is 33.7 Å². The number of carbonyl (C=O) groups is 6. The quantitative estimate of drug-likeness (QED) is 0.0485. The first kappa shape index (κ1) is 64.8. The molecule has 23 heteroatoms. The minimum atomic E-state index is -1.28. The van der Waals surface area contributed by atoms with Gasteiger partial charge in [0.1, 0.15) is 31.0 Å². The highest BCUT2D eigenvalue weighted by Crippen LogP contribution is 2.20. The zero-order chi connectivity index (χ0) is 54.9. The molecule has 2 aromatic rings. The maximum atomic E-state index is 13.9. The molecule has 0 radical (unpaired) electrons. The smallest absolute Gasteiger partial charge is 0.293 e. The molecule has 0 saturated carbocycles. The van der Waals surface area contributed by atoms with E-state index in [1.54, 1.807) is 63.4 Å². The normalized spacial score (nSPS) is 13.0. The summed E-state index contributed by atoms with van der Waals surface area (Å²) in [5.41, 5.74) is 2.79. The molecular formula is C53H80N4O19. The lowest BCUT2D eigenvalue weighted by Gasteiger charge is -2.29. The van der Waals surface area contributed by atoms with Crippen molar-refractivity contribution in [1.82, 2.24) is 15.5 Å². The molecule has 76 heavy (non-hydrogen) atoms. The third kappa shape index (κ3) is 28.6. The van der Waals surface area contributed by atoms with Crippen molar-refractivity contribution in [2.45, 2.75) is 52.3 Å². The molecule has 2 aromatic carbocycles. The number of hydrogen-bond acceptors (Lipinski definition) is 19. The second-order valence-electron chi connectivity index (χ2n) is 16.9. The van der Waals surface area contributed by atoms with Gasteiger partial charge in [0.25, 0.3) is 18.3 Å². The number of nitrogens with zero attached hydrogens (tertiary/aromatic N) is 1. The first-order valence-corrected chi connectivity index (χ1v) is 25.7. The summed E-state index contributed by atoms with van der Waals surface area (Å²) in [5, 5.41) is 8.00. The molecule has 0 bridgehead atoms. The van der Waals surface area contributed by atoms with E-state index in [0.29, 0.717) is 169 Å². The molecule has 0 aromatic heterocycles. The minimum Gasteiger partial charge on any atom is -0.491 e. The van der Waals surface area contributed by atoms with Gasteiger partial charge in [-0.2, -0.15) is 0 Å². The summed E-state index contributed by atoms with van der Waals surface area (Å²) in [4.78, 5) is 77.1. The Kier molecular flexibility index (Phi) is 35.6. The topological polar surface area (TPSA) is 262 Å². The van der Waals surface area contributed by atoms with E-state index in [-0.39, 0.29) is 19.6 Å². The van der Waals surface area contributed by atoms with Crippen molar-refractivity contribution in [3.05, 3.63) is 71.3 Å². The number of anilines is 1. The van der Waals surface area contributed by atoms with Crippen LogP contribution in [0, 0.1) is 5.92 Å². The molecule has 1 aliphatic rings. The average molecular weight is 1080 g/mol. The van der Waals surface area contributed by atoms with Crippen LogP contribution in [0.4, 0.5) is 5.69 Å². The summed E-state index contributed by atoms with van der Waals surface area (Å²) in [7, 11) is 1.63. The second kappa shape index (κ2) is 41.7. The summed E-state index contributed by atoms with van der Waals surface area (Å²) < 4.78 is 70.4. The highest BCUT2D eigenvalue weighted by Gasteiger charge is 2.38. The number of nitrogens with one attached hydrogen (secondary N) is 3. The van der Waals surface area contributed by atoms with E-state index in [9.17, 15) is 28.8 Å². The number of hydrogen-bond donors (Lipinski definition) is 3. The van der Waals surface area contributed by atoms with Crippen LogP contribution < -0.4 is 20.7 Å². The number of imide groups is 1. The van der Waals surface area contributed by atoms with Crippen LogP contribution in [0.2, 0.25) is 0 Å². The minimum absolute atomic E-state index is 0.0439. The Bertz CT molecular complexity index is 1960. The average Bonchev–Trinajstić information content (AvgIpc) is 3.75. The number of aryl methyl sites for hydroxylation is 1. The predicted octanol–water partition coefficient (Wildman–Crippen LogP) is 1.85. The highest BCUT2D eigenvalue weighted by atomic mass is 16.6. The largest absolute Gasteiger partial charge is 0.491 e. The molecule has 2 atom stereocenters. The molecular weight excluding hydrogens is 997 g/mol. The Morgan fingerprint density at radius 1 is 0.579 bits per heavy atom. The Balaban J connectivity index is 1.20. The van der Waals surface area contributed by atoms with Gasteiger partial charge in [0.15, 0.2) is 0 Å². The number of benzene rings is 2. The monoisotopic (exact) mass is 1080 g/mol. The van der Waals surface area contributed by atoms with Crippen LogP contribution in [0.25, 0.3) is 0 Å². The fourth-order valence-electron chi connectivity index (χ4n) is 6.97. The standard InChI is InChI=1S/C53H80N4O19/c1-5-43-37-45(9-8-44(43)39-75-40-58)55-48(59)38-54-53(63)51(41(2)3)56-52(62)47(57-49(60)12-13-50(57)61)36-42-6-10-46(11-7-42)76-35-34-74-33-32-73-31-30-72-29-28-71-27-26-70-25-24-69-23-22-68-21-20-67-19-18-66-17-16-65-15-14-64-4/h6-13,37,40-41,47,51H,5,14-36,38-39H2,1-4H3,(H,54,63)(H,55,59)(H,56,62)/t47-,51?/m0/s1. The van der Waals surface area contributed by atoms with Gasteiger partial charge in [-0.1, -0.05) is 39.0 Å². The second-order valence-corrected chi connectivity index (χ2v) is 16.9. The predicted molar refractivity (Wildman–Crippen MR) is 276 cm³/mol. The van der Waals surface area contributed by atoms with Crippen LogP contribution in [0.3, 0.4) is 0 Å². The number of carbonyl (C=O) groups excluding carboxylic acids is 6. The zero-order valence-electron chi connectivity index (χ0n) is 44.6. The van der Waals surface area contributed by atoms with Crippen molar-refractivity contribution in [3.8, 4) is 5.75 Å². The van der Waals surface area contributed by atoms with E-state index in [0.717, 1.165) is 28.2 Å². The lowest BCUT2D eigenvalue weighted by atomic mass is 10.00. The molecule has 3 rings (SSSR count). The molecule has 1 unspecified atom stereocenters. The number of amides is 5. The van der Waals surface area contributed by atoms with Gasteiger partial charge >= 0.3 is 0 Å². The van der Waals surface area contributed by atoms with Crippen molar-refractivity contribution in [3.63, 3.8) is 0 Å². The Morgan fingerprint density at radius 2 is 1.03 bits per heavy atom. The van der Waals surface area contributed by atoms with Crippen molar-refractivity contribution in [1.29, 1.82) is 0 Å². The van der Waals surface area contributed by atoms with Gasteiger partial charge < -0.3 is 77.5 Å². The molecule has 5 amide bonds. The summed E-state index contributed by atoms with van der Waals surface area (Å²) in [6.07, 6.45) is 2.76. The van der Waals surface area contributed by atoms with Crippen LogP contribution in [-0.2, 0) is 105 Å². The number of rotatable bonds is 48. The van der Waals surface area contributed by atoms with Crippen LogP contribution in [0.5, 0.6) is 5.75 Å². The lowest BCUT2D eigenvalue weighted by Crippen LogP contribution is -2.57. The summed E-state index contributed by atoms with van der Waals surface area (Å²) in [6, 6.07) is 9.61. The molecule has 3 N–H and O–H groups in total. The third-order valence-corrected chi connectivity index (χ3v) is 10.9. The zero-order valence-corrected chi connectivity index (χ0v) is 44.6. The highest BCUT2D eigenvalue weighted by molar-refractivity contribution is 6.15. The Labute approximate surface area is 446 Å². The SMILES string of the molecule is CCc1cc(NC(=O)CNC(=O)C(NC(=O)[C@H](Cc2ccc(OCCOCCOCCOCCOCCOCCOCCOCCOCCOCCOCCOC)cc2)N2C(=O)C=CC2=O)C(C)C)ccc1COC=O. The van der Waals surface area contributed by atoms with Crippen LogP contribution >= 0.6 is 0 Å². The molecule has 0 spiro atoms. The van der Waals surface area contributed by atoms with E-state index >= 15 is 0 Å². The lowest BCUT2D eigenvalue weighted by molar-refractivity contribution is -0.146. The molecule has 1 heterocycles. The van der Waals surface area contributed by atoms with E-state index in [2.05, 4.69) is 16.0 Å². The van der Waals surface area contributed by atoms with E-state index in [1.807, 2.05) is 6.92 Å². The Morgan fingerprint density at radius 3 is 1.45 bits per heavy atom. The van der Waals surface area contributed by atoms with E-state index in [4.69, 9.17) is 61.6 Å². The maximum absolute atomic E-state index is 13.9. The molecule has 0 aliphatic carbocycles. The van der Waals surface area contributed by atoms with Gasteiger partial charge in [0.2, 0.25) is 17.7 Å². The molecule has 1 aliphatic heterocycles. The molecule has 0 saturated heterocycles. The van der Waals surface area contributed by atoms with Crippen LogP contribution in [0.15, 0.2) is 54.6 Å². The van der Waals surface area contributed by atoms with Gasteiger partial charge in [-0.25, -0.2) is 0 Å². The van der Waals surface area contributed by atoms with Crippen LogP contribution in [0.1, 0.15) is 37.5 Å². The number of ether oxygens (including phenoxy) is 13. The number of methoxy groups -OCH3 is 1. The van der Waals surface area contributed by atoms with Crippen molar-refractivity contribution in [2.75, 3.05) is 164 Å². The van der Waals surface area contributed by atoms with Crippen molar-refractivity contribution >= 4 is 41.7 Å². The third-order valence-electron chi connectivity index (χ3n) is 10.9. The van der Waals surface area contributed by atoms with Crippen LogP contribution in [-0.4, -0.2) is 212 Å². The van der Waals surface area contributed by atoms with Gasteiger partial charge in [0.05, 0.1) is 145 Å². The van der Waals surface area contributed by atoms with Gasteiger partial charge in [-0.15, -0.1) is 0 Å². The molecule has 23 nitrogen and oxygen atoms in total. The first-order chi connectivity index (χ1) is 37.1.